The maximum atomic E-state index is 12.9. The molecule has 5 heteroatoms. The molecule has 0 aromatic heterocycles. The van der Waals surface area contributed by atoms with Crippen LogP contribution in [0.1, 0.15) is 35.2 Å². The number of hydrogen-bond donors (Lipinski definition) is 0. The van der Waals surface area contributed by atoms with Gasteiger partial charge in [0, 0.05) is 37.6 Å². The summed E-state index contributed by atoms with van der Waals surface area (Å²) in [5.41, 5.74) is 1.40. The number of rotatable bonds is 8. The Morgan fingerprint density at radius 2 is 1.72 bits per heavy atom. The van der Waals surface area contributed by atoms with Crippen LogP contribution in [0.25, 0.3) is 0 Å². The molecule has 0 aliphatic carbocycles. The second kappa shape index (κ2) is 8.97. The molecule has 0 fully saturated rings. The fourth-order valence-corrected chi connectivity index (χ4v) is 2.55. The first-order chi connectivity index (χ1) is 12.0. The van der Waals surface area contributed by atoms with Gasteiger partial charge in [-0.05, 0) is 36.8 Å². The minimum atomic E-state index is -0.371. The van der Waals surface area contributed by atoms with E-state index in [0.717, 1.165) is 11.3 Å². The topological polar surface area (TPSA) is 46.6 Å². The van der Waals surface area contributed by atoms with E-state index in [-0.39, 0.29) is 23.9 Å². The van der Waals surface area contributed by atoms with E-state index in [2.05, 4.69) is 0 Å². The zero-order valence-corrected chi connectivity index (χ0v) is 14.5. The molecule has 1 amide bonds. The highest BCUT2D eigenvalue weighted by molar-refractivity contribution is 5.96. The number of ketones is 1. The third-order valence-electron chi connectivity index (χ3n) is 3.99. The van der Waals surface area contributed by atoms with E-state index >= 15 is 0 Å². The first kappa shape index (κ1) is 18.6. The predicted octanol–water partition coefficient (Wildman–Crippen LogP) is 3.85. The molecular formula is C20H22FNO3. The number of ether oxygens (including phenoxy) is 1. The molecular weight excluding hydrogens is 321 g/mol. The first-order valence-electron chi connectivity index (χ1n) is 8.16. The monoisotopic (exact) mass is 343 g/mol. The summed E-state index contributed by atoms with van der Waals surface area (Å²) in [5.74, 6) is 0.260. The molecule has 0 aliphatic rings. The quantitative estimate of drug-likeness (QED) is 0.684. The van der Waals surface area contributed by atoms with Crippen molar-refractivity contribution in [2.75, 3.05) is 14.2 Å². The first-order valence-corrected chi connectivity index (χ1v) is 8.16. The minimum Gasteiger partial charge on any atom is -0.496 e. The Labute approximate surface area is 147 Å². The molecule has 0 N–H and O–H groups in total. The van der Waals surface area contributed by atoms with E-state index in [9.17, 15) is 14.0 Å². The Balaban J connectivity index is 1.81. The molecule has 0 saturated carbocycles. The van der Waals surface area contributed by atoms with Crippen LogP contribution < -0.4 is 4.74 Å². The SMILES string of the molecule is COc1ccccc1CN(C)C(=O)CCCC(=O)c1ccc(F)cc1. The van der Waals surface area contributed by atoms with Gasteiger partial charge in [0.25, 0.3) is 0 Å². The van der Waals surface area contributed by atoms with Crippen LogP contribution in [0.3, 0.4) is 0 Å². The van der Waals surface area contributed by atoms with Gasteiger partial charge in [0.15, 0.2) is 5.78 Å². The molecule has 2 aromatic rings. The van der Waals surface area contributed by atoms with Gasteiger partial charge in [-0.25, -0.2) is 4.39 Å². The van der Waals surface area contributed by atoms with Crippen LogP contribution in [0, 0.1) is 5.82 Å². The Morgan fingerprint density at radius 1 is 1.04 bits per heavy atom. The normalized spacial score (nSPS) is 10.4. The van der Waals surface area contributed by atoms with E-state index in [4.69, 9.17) is 4.74 Å². The lowest BCUT2D eigenvalue weighted by Gasteiger charge is -2.18. The molecule has 2 rings (SSSR count). The van der Waals surface area contributed by atoms with Gasteiger partial charge in [0.2, 0.25) is 5.91 Å². The molecule has 0 heterocycles. The molecule has 0 saturated heterocycles. The number of halogens is 1. The Morgan fingerprint density at radius 3 is 2.40 bits per heavy atom. The highest BCUT2D eigenvalue weighted by Crippen LogP contribution is 2.19. The molecule has 132 valence electrons. The van der Waals surface area contributed by atoms with Gasteiger partial charge < -0.3 is 9.64 Å². The van der Waals surface area contributed by atoms with Crippen molar-refractivity contribution in [3.8, 4) is 5.75 Å². The lowest BCUT2D eigenvalue weighted by molar-refractivity contribution is -0.130. The fourth-order valence-electron chi connectivity index (χ4n) is 2.55. The van der Waals surface area contributed by atoms with Crippen molar-refractivity contribution in [2.24, 2.45) is 0 Å². The zero-order chi connectivity index (χ0) is 18.2. The summed E-state index contributed by atoms with van der Waals surface area (Å²) in [6, 6.07) is 13.0. The Kier molecular flexibility index (Phi) is 6.69. The number of nitrogens with zero attached hydrogens (tertiary/aromatic N) is 1. The zero-order valence-electron chi connectivity index (χ0n) is 14.5. The second-order valence-corrected chi connectivity index (χ2v) is 5.85. The van der Waals surface area contributed by atoms with Crippen molar-refractivity contribution in [2.45, 2.75) is 25.8 Å². The van der Waals surface area contributed by atoms with Gasteiger partial charge in [-0.1, -0.05) is 18.2 Å². The maximum Gasteiger partial charge on any atom is 0.222 e. The van der Waals surface area contributed by atoms with Crippen molar-refractivity contribution in [3.63, 3.8) is 0 Å². The smallest absolute Gasteiger partial charge is 0.222 e. The van der Waals surface area contributed by atoms with E-state index in [1.165, 1.54) is 24.3 Å². The van der Waals surface area contributed by atoms with Gasteiger partial charge in [0.05, 0.1) is 7.11 Å². The number of benzene rings is 2. The van der Waals surface area contributed by atoms with Crippen molar-refractivity contribution < 1.29 is 18.7 Å². The van der Waals surface area contributed by atoms with Crippen molar-refractivity contribution >= 4 is 11.7 Å². The van der Waals surface area contributed by atoms with Gasteiger partial charge in [-0.15, -0.1) is 0 Å². The maximum absolute atomic E-state index is 12.9. The van der Waals surface area contributed by atoms with Crippen molar-refractivity contribution in [1.82, 2.24) is 4.90 Å². The van der Waals surface area contributed by atoms with Gasteiger partial charge in [-0.2, -0.15) is 0 Å². The third kappa shape index (κ3) is 5.41. The van der Waals surface area contributed by atoms with Crippen LogP contribution in [-0.4, -0.2) is 30.7 Å². The van der Waals surface area contributed by atoms with E-state index in [1.54, 1.807) is 19.1 Å². The lowest BCUT2D eigenvalue weighted by atomic mass is 10.1. The molecule has 25 heavy (non-hydrogen) atoms. The summed E-state index contributed by atoms with van der Waals surface area (Å²) in [6.45, 7) is 0.453. The third-order valence-corrected chi connectivity index (χ3v) is 3.99. The number of carbonyl (C=O) groups is 2. The fraction of sp³-hybridized carbons (Fsp3) is 0.300. The van der Waals surface area contributed by atoms with Crippen LogP contribution in [0.5, 0.6) is 5.75 Å². The van der Waals surface area contributed by atoms with Crippen molar-refractivity contribution in [1.29, 1.82) is 0 Å². The molecule has 0 unspecified atom stereocenters. The predicted molar refractivity (Wildman–Crippen MR) is 94.0 cm³/mol. The molecule has 0 atom stereocenters. The van der Waals surface area contributed by atoms with Gasteiger partial charge >= 0.3 is 0 Å². The molecule has 0 aliphatic heterocycles. The van der Waals surface area contributed by atoms with Crippen LogP contribution >= 0.6 is 0 Å². The highest BCUT2D eigenvalue weighted by atomic mass is 19.1. The average molecular weight is 343 g/mol. The van der Waals surface area contributed by atoms with Crippen LogP contribution in [0.4, 0.5) is 4.39 Å². The number of Topliss-reactive ketones (excluding diaryl/α,β-unsaturated/α-hetero) is 1. The molecule has 4 nitrogen and oxygen atoms in total. The largest absolute Gasteiger partial charge is 0.496 e. The van der Waals surface area contributed by atoms with Crippen LogP contribution in [0.2, 0.25) is 0 Å². The Hall–Kier alpha value is -2.69. The average Bonchev–Trinajstić information content (AvgIpc) is 2.62. The van der Waals surface area contributed by atoms with E-state index in [1.807, 2.05) is 24.3 Å². The minimum absolute atomic E-state index is 0.0298. The van der Waals surface area contributed by atoms with Gasteiger partial charge in [-0.3, -0.25) is 9.59 Å². The number of hydrogen-bond acceptors (Lipinski definition) is 3. The van der Waals surface area contributed by atoms with Gasteiger partial charge in [0.1, 0.15) is 11.6 Å². The number of methoxy groups -OCH3 is 1. The summed E-state index contributed by atoms with van der Waals surface area (Å²) in [6.07, 6.45) is 1.02. The van der Waals surface area contributed by atoms with E-state index in [0.29, 0.717) is 24.9 Å². The van der Waals surface area contributed by atoms with Crippen molar-refractivity contribution in [3.05, 3.63) is 65.5 Å². The number of para-hydroxylation sites is 1. The molecule has 0 radical (unpaired) electrons. The molecule has 2 aromatic carbocycles. The number of carbonyl (C=O) groups excluding carboxylic acids is 2. The van der Waals surface area contributed by atoms with Crippen LogP contribution in [-0.2, 0) is 11.3 Å². The summed E-state index contributed by atoms with van der Waals surface area (Å²) >= 11 is 0. The molecule has 0 bridgehead atoms. The molecule has 0 spiro atoms. The highest BCUT2D eigenvalue weighted by Gasteiger charge is 2.13. The van der Waals surface area contributed by atoms with Crippen LogP contribution in [0.15, 0.2) is 48.5 Å². The van der Waals surface area contributed by atoms with E-state index < -0.39 is 0 Å². The Bertz CT molecular complexity index is 728. The second-order valence-electron chi connectivity index (χ2n) is 5.85. The number of amides is 1. The standard InChI is InChI=1S/C20H22FNO3/c1-22(14-16-6-3-4-8-19(16)25-2)20(24)9-5-7-18(23)15-10-12-17(21)13-11-15/h3-4,6,8,10-13H,5,7,9,14H2,1-2H3. The lowest BCUT2D eigenvalue weighted by Crippen LogP contribution is -2.26. The summed E-state index contributed by atoms with van der Waals surface area (Å²) in [5, 5.41) is 0. The summed E-state index contributed by atoms with van der Waals surface area (Å²) in [4.78, 5) is 25.9. The summed E-state index contributed by atoms with van der Waals surface area (Å²) in [7, 11) is 3.33. The summed E-state index contributed by atoms with van der Waals surface area (Å²) < 4.78 is 18.1.